The summed E-state index contributed by atoms with van der Waals surface area (Å²) in [4.78, 5) is 12.2. The van der Waals surface area contributed by atoms with Gasteiger partial charge in [0, 0.05) is 10.9 Å². The molecule has 0 atom stereocenters. The molecule has 0 N–H and O–H groups in total. The number of rotatable bonds is 2. The SMILES string of the molecule is Cc1c(C(=O)Oc2ccccc2Cl)oc2ccc(F)cc12. The Bertz CT molecular complexity index is 839. The lowest BCUT2D eigenvalue weighted by molar-refractivity contribution is 0.0703. The molecule has 21 heavy (non-hydrogen) atoms. The Morgan fingerprint density at radius 1 is 1.24 bits per heavy atom. The van der Waals surface area contributed by atoms with E-state index in [1.807, 2.05) is 0 Å². The van der Waals surface area contributed by atoms with Crippen molar-refractivity contribution in [1.82, 2.24) is 0 Å². The van der Waals surface area contributed by atoms with Crippen molar-refractivity contribution in [3.05, 3.63) is 64.6 Å². The summed E-state index contributed by atoms with van der Waals surface area (Å²) in [6.45, 7) is 1.68. The molecule has 1 heterocycles. The lowest BCUT2D eigenvalue weighted by atomic mass is 10.1. The molecule has 3 rings (SSSR count). The van der Waals surface area contributed by atoms with Crippen LogP contribution in [0.1, 0.15) is 16.1 Å². The molecule has 1 aromatic heterocycles. The van der Waals surface area contributed by atoms with Crippen LogP contribution >= 0.6 is 11.6 Å². The molecule has 0 aliphatic carbocycles. The molecule has 106 valence electrons. The molecule has 3 aromatic rings. The summed E-state index contributed by atoms with van der Waals surface area (Å²) < 4.78 is 23.9. The highest BCUT2D eigenvalue weighted by molar-refractivity contribution is 6.32. The topological polar surface area (TPSA) is 39.4 Å². The van der Waals surface area contributed by atoms with Gasteiger partial charge in [-0.15, -0.1) is 0 Å². The maximum Gasteiger partial charge on any atom is 0.379 e. The molecule has 0 radical (unpaired) electrons. The van der Waals surface area contributed by atoms with Gasteiger partial charge in [-0.2, -0.15) is 0 Å². The van der Waals surface area contributed by atoms with Gasteiger partial charge in [0.25, 0.3) is 0 Å². The number of hydrogen-bond acceptors (Lipinski definition) is 3. The summed E-state index contributed by atoms with van der Waals surface area (Å²) in [6.07, 6.45) is 0. The van der Waals surface area contributed by atoms with E-state index in [1.165, 1.54) is 18.2 Å². The fourth-order valence-corrected chi connectivity index (χ4v) is 2.24. The molecule has 0 saturated heterocycles. The lowest BCUT2D eigenvalue weighted by Crippen LogP contribution is -2.08. The molecular weight excluding hydrogens is 295 g/mol. The second-order valence-electron chi connectivity index (χ2n) is 4.52. The van der Waals surface area contributed by atoms with Gasteiger partial charge in [0.2, 0.25) is 5.76 Å². The average Bonchev–Trinajstić information content (AvgIpc) is 2.79. The minimum absolute atomic E-state index is 0.0375. The van der Waals surface area contributed by atoms with Crippen LogP contribution in [0.3, 0.4) is 0 Å². The zero-order valence-corrected chi connectivity index (χ0v) is 11.8. The molecule has 5 heteroatoms. The predicted molar refractivity (Wildman–Crippen MR) is 77.3 cm³/mol. The second kappa shape index (κ2) is 5.22. The van der Waals surface area contributed by atoms with Crippen LogP contribution in [0.25, 0.3) is 11.0 Å². The number of fused-ring (bicyclic) bond motifs is 1. The van der Waals surface area contributed by atoms with Gasteiger partial charge in [-0.1, -0.05) is 23.7 Å². The van der Waals surface area contributed by atoms with E-state index in [1.54, 1.807) is 31.2 Å². The molecule has 3 nitrogen and oxygen atoms in total. The highest BCUT2D eigenvalue weighted by Gasteiger charge is 2.20. The third-order valence-corrected chi connectivity index (χ3v) is 3.44. The van der Waals surface area contributed by atoms with Gasteiger partial charge in [0.1, 0.15) is 17.1 Å². The fourth-order valence-electron chi connectivity index (χ4n) is 2.06. The summed E-state index contributed by atoms with van der Waals surface area (Å²) in [7, 11) is 0. The summed E-state index contributed by atoms with van der Waals surface area (Å²) in [5.41, 5.74) is 0.960. The minimum atomic E-state index is -0.669. The van der Waals surface area contributed by atoms with E-state index < -0.39 is 11.8 Å². The van der Waals surface area contributed by atoms with Crippen molar-refractivity contribution in [2.24, 2.45) is 0 Å². The number of benzene rings is 2. The van der Waals surface area contributed by atoms with Crippen molar-refractivity contribution in [2.75, 3.05) is 0 Å². The summed E-state index contributed by atoms with van der Waals surface area (Å²) >= 11 is 5.94. The van der Waals surface area contributed by atoms with Crippen LogP contribution in [0.4, 0.5) is 4.39 Å². The van der Waals surface area contributed by atoms with Crippen LogP contribution in [0.5, 0.6) is 5.75 Å². The summed E-state index contributed by atoms with van der Waals surface area (Å²) in [5.74, 6) is -0.777. The predicted octanol–water partition coefficient (Wildman–Crippen LogP) is 4.75. The molecule has 2 aromatic carbocycles. The number of esters is 1. The Labute approximate surface area is 124 Å². The number of hydrogen-bond donors (Lipinski definition) is 0. The standard InChI is InChI=1S/C16H10ClFO3/c1-9-11-8-10(18)6-7-13(11)20-15(9)16(19)21-14-5-3-2-4-12(14)17/h2-8H,1H3. The zero-order chi connectivity index (χ0) is 15.0. The number of furan rings is 1. The first-order valence-corrected chi connectivity index (χ1v) is 6.59. The first-order valence-electron chi connectivity index (χ1n) is 6.21. The van der Waals surface area contributed by atoms with Gasteiger partial charge in [-0.3, -0.25) is 0 Å². The van der Waals surface area contributed by atoms with Crippen molar-refractivity contribution in [2.45, 2.75) is 6.92 Å². The third-order valence-electron chi connectivity index (χ3n) is 3.12. The van der Waals surface area contributed by atoms with Crippen LogP contribution < -0.4 is 4.74 Å². The zero-order valence-electron chi connectivity index (χ0n) is 11.0. The third kappa shape index (κ3) is 2.50. The molecule has 0 aliphatic heterocycles. The summed E-state index contributed by atoms with van der Waals surface area (Å²) in [6, 6.07) is 10.7. The van der Waals surface area contributed by atoms with E-state index >= 15 is 0 Å². The Morgan fingerprint density at radius 3 is 2.76 bits per heavy atom. The molecular formula is C16H10ClFO3. The van der Waals surface area contributed by atoms with Crippen molar-refractivity contribution in [1.29, 1.82) is 0 Å². The minimum Gasteiger partial charge on any atom is -0.449 e. The van der Waals surface area contributed by atoms with E-state index in [0.717, 1.165) is 0 Å². The highest BCUT2D eigenvalue weighted by Crippen LogP contribution is 2.29. The summed E-state index contributed by atoms with van der Waals surface area (Å²) in [5, 5.41) is 0.867. The van der Waals surface area contributed by atoms with E-state index in [-0.39, 0.29) is 11.5 Å². The quantitative estimate of drug-likeness (QED) is 0.506. The number of halogens is 2. The van der Waals surface area contributed by atoms with Gasteiger partial charge in [-0.25, -0.2) is 9.18 Å². The van der Waals surface area contributed by atoms with Gasteiger partial charge in [0.05, 0.1) is 5.02 Å². The Hall–Kier alpha value is -2.33. The van der Waals surface area contributed by atoms with Crippen molar-refractivity contribution >= 4 is 28.5 Å². The van der Waals surface area contributed by atoms with Crippen LogP contribution in [-0.2, 0) is 0 Å². The monoisotopic (exact) mass is 304 g/mol. The average molecular weight is 305 g/mol. The van der Waals surface area contributed by atoms with Crippen LogP contribution in [0.2, 0.25) is 5.02 Å². The first kappa shape index (κ1) is 13.6. The van der Waals surface area contributed by atoms with Crippen molar-refractivity contribution in [3.8, 4) is 5.75 Å². The molecule has 0 amide bonds. The van der Waals surface area contributed by atoms with E-state index in [2.05, 4.69) is 0 Å². The van der Waals surface area contributed by atoms with Crippen molar-refractivity contribution < 1.29 is 18.3 Å². The first-order chi connectivity index (χ1) is 10.1. The van der Waals surface area contributed by atoms with Gasteiger partial charge >= 0.3 is 5.97 Å². The molecule has 0 saturated carbocycles. The molecule has 0 bridgehead atoms. The van der Waals surface area contributed by atoms with Crippen LogP contribution in [-0.4, -0.2) is 5.97 Å². The fraction of sp³-hybridized carbons (Fsp3) is 0.0625. The van der Waals surface area contributed by atoms with E-state index in [9.17, 15) is 9.18 Å². The Balaban J connectivity index is 1.99. The van der Waals surface area contributed by atoms with Gasteiger partial charge in [0.15, 0.2) is 0 Å². The number of carbonyl (C=O) groups excluding carboxylic acids is 1. The second-order valence-corrected chi connectivity index (χ2v) is 4.92. The van der Waals surface area contributed by atoms with Crippen LogP contribution in [0, 0.1) is 12.7 Å². The van der Waals surface area contributed by atoms with Crippen LogP contribution in [0.15, 0.2) is 46.9 Å². The largest absolute Gasteiger partial charge is 0.449 e. The molecule has 0 unspecified atom stereocenters. The normalized spacial score (nSPS) is 10.8. The smallest absolute Gasteiger partial charge is 0.379 e. The maximum absolute atomic E-state index is 13.3. The van der Waals surface area contributed by atoms with Gasteiger partial charge < -0.3 is 9.15 Å². The Kier molecular flexibility index (Phi) is 3.39. The number of ether oxygens (including phenoxy) is 1. The number of aryl methyl sites for hydroxylation is 1. The van der Waals surface area contributed by atoms with E-state index in [0.29, 0.717) is 21.6 Å². The Morgan fingerprint density at radius 2 is 2.00 bits per heavy atom. The highest BCUT2D eigenvalue weighted by atomic mass is 35.5. The number of para-hydroxylation sites is 1. The maximum atomic E-state index is 13.3. The van der Waals surface area contributed by atoms with Gasteiger partial charge in [-0.05, 0) is 37.3 Å². The molecule has 0 fully saturated rings. The van der Waals surface area contributed by atoms with Crippen molar-refractivity contribution in [3.63, 3.8) is 0 Å². The molecule has 0 aliphatic rings. The lowest BCUT2D eigenvalue weighted by Gasteiger charge is -2.04. The number of carbonyl (C=O) groups is 1. The molecule has 0 spiro atoms. The van der Waals surface area contributed by atoms with E-state index in [4.69, 9.17) is 20.8 Å².